The third-order valence-electron chi connectivity index (χ3n) is 3.10. The number of carbonyl (C=O) groups is 1. The van der Waals surface area contributed by atoms with Crippen molar-refractivity contribution in [3.63, 3.8) is 0 Å². The molecule has 4 nitrogen and oxygen atoms in total. The number of amides is 1. The maximum Gasteiger partial charge on any atom is 0.258 e. The van der Waals surface area contributed by atoms with Crippen LogP contribution in [0.5, 0.6) is 5.75 Å². The van der Waals surface area contributed by atoms with Crippen LogP contribution in [0.25, 0.3) is 0 Å². The molecule has 116 valence electrons. The lowest BCUT2D eigenvalue weighted by molar-refractivity contribution is -0.123. The van der Waals surface area contributed by atoms with Gasteiger partial charge >= 0.3 is 0 Å². The van der Waals surface area contributed by atoms with Crippen molar-refractivity contribution in [2.45, 2.75) is 38.8 Å². The highest BCUT2D eigenvalue weighted by atomic mass is 19.1. The first-order valence-corrected chi connectivity index (χ1v) is 7.21. The molecule has 1 aromatic carbocycles. The molecule has 0 spiro atoms. The highest BCUT2D eigenvalue weighted by molar-refractivity contribution is 5.78. The van der Waals surface area contributed by atoms with Gasteiger partial charge < -0.3 is 15.4 Å². The molecule has 1 amide bonds. The van der Waals surface area contributed by atoms with E-state index >= 15 is 0 Å². The van der Waals surface area contributed by atoms with E-state index in [0.29, 0.717) is 12.1 Å². The van der Waals surface area contributed by atoms with Gasteiger partial charge in [-0.3, -0.25) is 4.79 Å². The van der Waals surface area contributed by atoms with Crippen molar-refractivity contribution in [3.05, 3.63) is 29.3 Å². The van der Waals surface area contributed by atoms with Crippen molar-refractivity contribution in [2.75, 3.05) is 13.2 Å². The van der Waals surface area contributed by atoms with Crippen LogP contribution in [0.3, 0.4) is 0 Å². The third kappa shape index (κ3) is 4.97. The molecule has 1 aromatic rings. The molecule has 0 aromatic heterocycles. The van der Waals surface area contributed by atoms with Gasteiger partial charge in [0.05, 0.1) is 0 Å². The van der Waals surface area contributed by atoms with Crippen LogP contribution in [-0.2, 0) is 11.3 Å². The fourth-order valence-corrected chi connectivity index (χ4v) is 1.90. The van der Waals surface area contributed by atoms with E-state index in [4.69, 9.17) is 4.74 Å². The summed E-state index contributed by atoms with van der Waals surface area (Å²) in [6, 6.07) is 2.64. The van der Waals surface area contributed by atoms with Crippen LogP contribution in [0.2, 0.25) is 0 Å². The Morgan fingerprint density at radius 2 is 2.00 bits per heavy atom. The normalized spacial score (nSPS) is 14.0. The van der Waals surface area contributed by atoms with E-state index in [0.717, 1.165) is 25.8 Å². The van der Waals surface area contributed by atoms with Gasteiger partial charge in [0.25, 0.3) is 5.91 Å². The average molecular weight is 298 g/mol. The zero-order valence-corrected chi connectivity index (χ0v) is 12.0. The quantitative estimate of drug-likeness (QED) is 0.723. The van der Waals surface area contributed by atoms with Crippen molar-refractivity contribution in [1.82, 2.24) is 10.6 Å². The van der Waals surface area contributed by atoms with Crippen LogP contribution in [0.1, 0.15) is 31.7 Å². The predicted octanol–water partition coefficient (Wildman–Crippen LogP) is 2.12. The van der Waals surface area contributed by atoms with E-state index in [2.05, 4.69) is 10.6 Å². The Bertz CT molecular complexity index is 481. The van der Waals surface area contributed by atoms with E-state index in [-0.39, 0.29) is 18.6 Å². The van der Waals surface area contributed by atoms with E-state index in [9.17, 15) is 13.6 Å². The number of hydrogen-bond acceptors (Lipinski definition) is 3. The molecule has 2 rings (SSSR count). The first kappa shape index (κ1) is 15.7. The van der Waals surface area contributed by atoms with Gasteiger partial charge in [-0.05, 0) is 43.5 Å². The van der Waals surface area contributed by atoms with Crippen molar-refractivity contribution in [3.8, 4) is 5.75 Å². The summed E-state index contributed by atoms with van der Waals surface area (Å²) >= 11 is 0. The van der Waals surface area contributed by atoms with Gasteiger partial charge in [-0.1, -0.05) is 6.92 Å². The molecule has 0 bridgehead atoms. The molecular formula is C15H20F2N2O2. The molecular weight excluding hydrogens is 278 g/mol. The number of nitrogens with one attached hydrogen (secondary N) is 2. The standard InChI is InChI=1S/C15H20F2N2O2/c1-2-5-18-8-10-6-12(16)15(13(17)7-10)21-9-14(20)19-11-3-4-11/h6-7,11,18H,2-5,8-9H2,1H3,(H,19,20). The molecule has 0 radical (unpaired) electrons. The molecule has 1 saturated carbocycles. The largest absolute Gasteiger partial charge is 0.478 e. The van der Waals surface area contributed by atoms with Crippen molar-refractivity contribution >= 4 is 5.91 Å². The monoisotopic (exact) mass is 298 g/mol. The third-order valence-corrected chi connectivity index (χ3v) is 3.10. The minimum absolute atomic E-state index is 0.197. The first-order valence-electron chi connectivity index (χ1n) is 7.21. The second-order valence-corrected chi connectivity index (χ2v) is 5.20. The molecule has 0 heterocycles. The first-order chi connectivity index (χ1) is 10.1. The molecule has 0 saturated heterocycles. The second-order valence-electron chi connectivity index (χ2n) is 5.20. The molecule has 21 heavy (non-hydrogen) atoms. The van der Waals surface area contributed by atoms with Gasteiger partial charge in [0.2, 0.25) is 0 Å². The topological polar surface area (TPSA) is 50.4 Å². The Labute approximate surface area is 122 Å². The summed E-state index contributed by atoms with van der Waals surface area (Å²) in [7, 11) is 0. The molecule has 1 fully saturated rings. The lowest BCUT2D eigenvalue weighted by atomic mass is 10.2. The van der Waals surface area contributed by atoms with Gasteiger partial charge in [0, 0.05) is 12.6 Å². The van der Waals surface area contributed by atoms with Crippen LogP contribution >= 0.6 is 0 Å². The van der Waals surface area contributed by atoms with Crippen LogP contribution < -0.4 is 15.4 Å². The number of carbonyl (C=O) groups excluding carboxylic acids is 1. The molecule has 0 aliphatic heterocycles. The second kappa shape index (κ2) is 7.36. The Morgan fingerprint density at radius 1 is 1.33 bits per heavy atom. The van der Waals surface area contributed by atoms with Gasteiger partial charge in [-0.2, -0.15) is 0 Å². The van der Waals surface area contributed by atoms with E-state index < -0.39 is 17.4 Å². The minimum Gasteiger partial charge on any atom is -0.478 e. The van der Waals surface area contributed by atoms with Gasteiger partial charge in [0.1, 0.15) is 0 Å². The van der Waals surface area contributed by atoms with Crippen LogP contribution in [0.15, 0.2) is 12.1 Å². The number of halogens is 2. The van der Waals surface area contributed by atoms with E-state index in [1.807, 2.05) is 6.92 Å². The van der Waals surface area contributed by atoms with Crippen LogP contribution in [0, 0.1) is 11.6 Å². The maximum absolute atomic E-state index is 13.8. The summed E-state index contributed by atoms with van der Waals surface area (Å²) in [6.45, 7) is 2.81. The Morgan fingerprint density at radius 3 is 2.57 bits per heavy atom. The molecule has 0 unspecified atom stereocenters. The SMILES string of the molecule is CCCNCc1cc(F)c(OCC(=O)NC2CC2)c(F)c1. The number of benzene rings is 1. The molecule has 2 N–H and O–H groups in total. The zero-order valence-electron chi connectivity index (χ0n) is 12.0. The Kier molecular flexibility index (Phi) is 5.50. The maximum atomic E-state index is 13.8. The van der Waals surface area contributed by atoms with Crippen molar-refractivity contribution in [1.29, 1.82) is 0 Å². The lowest BCUT2D eigenvalue weighted by Crippen LogP contribution is -2.30. The van der Waals surface area contributed by atoms with Gasteiger partial charge in [-0.15, -0.1) is 0 Å². The molecule has 0 atom stereocenters. The van der Waals surface area contributed by atoms with Gasteiger partial charge in [-0.25, -0.2) is 8.78 Å². The van der Waals surface area contributed by atoms with E-state index in [1.54, 1.807) is 0 Å². The van der Waals surface area contributed by atoms with E-state index in [1.165, 1.54) is 12.1 Å². The van der Waals surface area contributed by atoms with Crippen LogP contribution in [-0.4, -0.2) is 25.1 Å². The van der Waals surface area contributed by atoms with Crippen LogP contribution in [0.4, 0.5) is 8.78 Å². The fraction of sp³-hybridized carbons (Fsp3) is 0.533. The highest BCUT2D eigenvalue weighted by Gasteiger charge is 2.23. The lowest BCUT2D eigenvalue weighted by Gasteiger charge is -2.10. The fourth-order valence-electron chi connectivity index (χ4n) is 1.90. The Hall–Kier alpha value is -1.69. The smallest absolute Gasteiger partial charge is 0.258 e. The number of hydrogen-bond donors (Lipinski definition) is 2. The van der Waals surface area contributed by atoms with Crippen molar-refractivity contribution in [2.24, 2.45) is 0 Å². The summed E-state index contributed by atoms with van der Waals surface area (Å²) in [5.41, 5.74) is 0.508. The van der Waals surface area contributed by atoms with Gasteiger partial charge in [0.15, 0.2) is 24.0 Å². The number of ether oxygens (including phenoxy) is 1. The Balaban J connectivity index is 1.90. The predicted molar refractivity (Wildman–Crippen MR) is 75.0 cm³/mol. The summed E-state index contributed by atoms with van der Waals surface area (Å²) in [6.07, 6.45) is 2.85. The molecule has 1 aliphatic carbocycles. The molecule has 1 aliphatic rings. The number of rotatable bonds is 8. The molecule has 6 heteroatoms. The highest BCUT2D eigenvalue weighted by Crippen LogP contribution is 2.23. The minimum atomic E-state index is -0.789. The summed E-state index contributed by atoms with van der Waals surface area (Å²) in [5, 5.41) is 5.76. The summed E-state index contributed by atoms with van der Waals surface area (Å²) < 4.78 is 32.6. The summed E-state index contributed by atoms with van der Waals surface area (Å²) in [5.74, 6) is -2.43. The average Bonchev–Trinajstić information content (AvgIpc) is 3.22. The zero-order chi connectivity index (χ0) is 15.2. The summed E-state index contributed by atoms with van der Waals surface area (Å²) in [4.78, 5) is 11.4. The van der Waals surface area contributed by atoms with Crippen molar-refractivity contribution < 1.29 is 18.3 Å².